The van der Waals surface area contributed by atoms with Gasteiger partial charge in [-0.05, 0) is 114 Å². The van der Waals surface area contributed by atoms with Crippen molar-refractivity contribution in [1.29, 1.82) is 0 Å². The second-order valence-electron chi connectivity index (χ2n) is 19.0. The highest BCUT2D eigenvalue weighted by molar-refractivity contribution is 5.97. The minimum absolute atomic E-state index is 0.129. The molecule has 0 fully saturated rings. The molecule has 1 aliphatic carbocycles. The van der Waals surface area contributed by atoms with E-state index in [-0.39, 0.29) is 22.2 Å². The summed E-state index contributed by atoms with van der Waals surface area (Å²) in [6, 6.07) is 59.5. The van der Waals surface area contributed by atoms with Crippen LogP contribution < -0.4 is 9.80 Å². The molecule has 0 N–H and O–H groups in total. The number of anilines is 5. The number of fused-ring (bicyclic) bond motifs is 3. The van der Waals surface area contributed by atoms with Crippen molar-refractivity contribution in [2.75, 3.05) is 9.80 Å². The van der Waals surface area contributed by atoms with Crippen LogP contribution >= 0.6 is 0 Å². The second kappa shape index (κ2) is 11.9. The molecule has 3 aliphatic heterocycles. The minimum atomic E-state index is -0.277. The lowest BCUT2D eigenvalue weighted by atomic mass is 9.57. The van der Waals surface area contributed by atoms with Crippen LogP contribution in [0.4, 0.5) is 28.4 Å². The predicted octanol–water partition coefficient (Wildman–Crippen LogP) is 15.3. The van der Waals surface area contributed by atoms with Gasteiger partial charge in [-0.3, -0.25) is 0 Å². The van der Waals surface area contributed by atoms with Gasteiger partial charge in [0, 0.05) is 39.2 Å². The van der Waals surface area contributed by atoms with Crippen LogP contribution in [0.1, 0.15) is 81.7 Å². The highest BCUT2D eigenvalue weighted by Gasteiger charge is 2.54. The molecule has 2 nitrogen and oxygen atoms in total. The highest BCUT2D eigenvalue weighted by Crippen LogP contribution is 2.67. The Hall–Kier alpha value is -6.38. The van der Waals surface area contributed by atoms with Crippen LogP contribution in [0.3, 0.4) is 0 Å². The molecule has 3 heterocycles. The van der Waals surface area contributed by atoms with Gasteiger partial charge in [-0.25, -0.2) is 0 Å². The number of benzene rings is 8. The first kappa shape index (κ1) is 34.6. The zero-order valence-electron chi connectivity index (χ0n) is 34.8. The fourth-order valence-corrected chi connectivity index (χ4v) is 11.4. The quantitative estimate of drug-likeness (QED) is 0.176. The summed E-state index contributed by atoms with van der Waals surface area (Å²) in [5.41, 5.74) is 17.1. The first-order chi connectivity index (χ1) is 28.5. The van der Waals surface area contributed by atoms with Gasteiger partial charge in [0.2, 0.25) is 0 Å². The smallest absolute Gasteiger partial charge is 0.0545 e. The van der Waals surface area contributed by atoms with Crippen molar-refractivity contribution in [1.82, 2.24) is 0 Å². The van der Waals surface area contributed by atoms with Crippen molar-refractivity contribution in [2.24, 2.45) is 0 Å². The van der Waals surface area contributed by atoms with E-state index >= 15 is 0 Å². The number of rotatable bonds is 4. The molecule has 2 heteroatoms. The van der Waals surface area contributed by atoms with Crippen LogP contribution in [0.2, 0.25) is 0 Å². The average molecular weight is 761 g/mol. The van der Waals surface area contributed by atoms with Gasteiger partial charge in [0.25, 0.3) is 0 Å². The first-order valence-electron chi connectivity index (χ1n) is 21.4. The van der Waals surface area contributed by atoms with Crippen molar-refractivity contribution in [3.8, 4) is 0 Å². The molecule has 0 bridgehead atoms. The molecule has 4 aliphatic rings. The summed E-state index contributed by atoms with van der Waals surface area (Å²) in [5, 5.41) is 7.58. The van der Waals surface area contributed by atoms with Crippen LogP contribution in [0, 0.1) is 0 Å². The van der Waals surface area contributed by atoms with Crippen molar-refractivity contribution in [2.45, 2.75) is 70.1 Å². The van der Waals surface area contributed by atoms with Gasteiger partial charge in [0.1, 0.15) is 0 Å². The molecule has 1 atom stereocenters. The summed E-state index contributed by atoms with van der Waals surface area (Å²) in [6.07, 6.45) is 3.66. The van der Waals surface area contributed by atoms with E-state index in [1.807, 2.05) is 0 Å². The van der Waals surface area contributed by atoms with Crippen molar-refractivity contribution in [3.05, 3.63) is 208 Å². The number of hydrogen-bond acceptors (Lipinski definition) is 2. The molecule has 12 rings (SSSR count). The van der Waals surface area contributed by atoms with Crippen LogP contribution in [-0.2, 0) is 16.2 Å². The van der Waals surface area contributed by atoms with Gasteiger partial charge in [-0.1, -0.05) is 169 Å². The summed E-state index contributed by atoms with van der Waals surface area (Å²) in [5.74, 6) is 0.272. The van der Waals surface area contributed by atoms with Crippen LogP contribution in [0.15, 0.2) is 181 Å². The largest absolute Gasteiger partial charge is 0.310 e. The predicted molar refractivity (Wildman–Crippen MR) is 249 cm³/mol. The molecule has 0 radical (unpaired) electrons. The molecule has 1 unspecified atom stereocenters. The van der Waals surface area contributed by atoms with Gasteiger partial charge in [-0.2, -0.15) is 0 Å². The summed E-state index contributed by atoms with van der Waals surface area (Å²) < 4.78 is 0. The van der Waals surface area contributed by atoms with Gasteiger partial charge in [0.15, 0.2) is 0 Å². The Kier molecular flexibility index (Phi) is 6.96. The van der Waals surface area contributed by atoms with Crippen molar-refractivity contribution < 1.29 is 0 Å². The Morgan fingerprint density at radius 1 is 0.441 bits per heavy atom. The maximum absolute atomic E-state index is 2.73. The monoisotopic (exact) mass is 760 g/mol. The molecule has 286 valence electrons. The van der Waals surface area contributed by atoms with E-state index in [1.165, 1.54) is 88.5 Å². The van der Waals surface area contributed by atoms with Crippen molar-refractivity contribution in [3.63, 3.8) is 0 Å². The lowest BCUT2D eigenvalue weighted by Gasteiger charge is -2.58. The topological polar surface area (TPSA) is 6.48 Å². The van der Waals surface area contributed by atoms with E-state index in [1.54, 1.807) is 5.57 Å². The summed E-state index contributed by atoms with van der Waals surface area (Å²) in [7, 11) is 0. The fourth-order valence-electron chi connectivity index (χ4n) is 11.4. The van der Waals surface area contributed by atoms with Gasteiger partial charge in [-0.15, -0.1) is 0 Å². The van der Waals surface area contributed by atoms with E-state index in [9.17, 15) is 0 Å². The maximum atomic E-state index is 2.73. The minimum Gasteiger partial charge on any atom is -0.310 e. The molecular formula is C57H48N2. The zero-order valence-corrected chi connectivity index (χ0v) is 34.8. The number of para-hydroxylation sites is 1. The molecule has 0 amide bonds. The lowest BCUT2D eigenvalue weighted by molar-refractivity contribution is 0.505. The molecule has 0 saturated heterocycles. The Bertz CT molecular complexity index is 3110. The molecule has 0 spiro atoms. The van der Waals surface area contributed by atoms with Gasteiger partial charge in [0.05, 0.1) is 17.1 Å². The molecule has 59 heavy (non-hydrogen) atoms. The van der Waals surface area contributed by atoms with Gasteiger partial charge < -0.3 is 9.80 Å². The Balaban J connectivity index is 1.15. The lowest BCUT2D eigenvalue weighted by Crippen LogP contribution is -2.48. The van der Waals surface area contributed by atoms with Crippen LogP contribution in [-0.4, -0.2) is 0 Å². The summed E-state index contributed by atoms with van der Waals surface area (Å²) >= 11 is 0. The SMILES string of the molecule is CC1(C)C2=CC(c3ccc4ccccc4c3)CC3=C2N2c4c1cc(N(c1ccc5ccccc5c1)c1ccc5ccccc5c1)cc4C(C)(C)c1cccc(c12)C3(C)C. The van der Waals surface area contributed by atoms with E-state index in [2.05, 4.69) is 215 Å². The summed E-state index contributed by atoms with van der Waals surface area (Å²) in [6.45, 7) is 14.9. The average Bonchev–Trinajstić information content (AvgIpc) is 3.25. The van der Waals surface area contributed by atoms with E-state index in [0.29, 0.717) is 0 Å². The van der Waals surface area contributed by atoms with Crippen molar-refractivity contribution >= 4 is 60.8 Å². The molecule has 0 aromatic heterocycles. The van der Waals surface area contributed by atoms with E-state index in [0.717, 1.165) is 17.8 Å². The zero-order chi connectivity index (χ0) is 40.0. The third-order valence-electron chi connectivity index (χ3n) is 14.7. The van der Waals surface area contributed by atoms with Crippen LogP contribution in [0.5, 0.6) is 0 Å². The third kappa shape index (κ3) is 4.75. The molecule has 8 aromatic carbocycles. The molecule has 8 aromatic rings. The first-order valence-corrected chi connectivity index (χ1v) is 21.4. The number of hydrogen-bond donors (Lipinski definition) is 0. The Morgan fingerprint density at radius 3 is 1.53 bits per heavy atom. The summed E-state index contributed by atoms with van der Waals surface area (Å²) in [4.78, 5) is 5.24. The Labute approximate surface area is 347 Å². The molecular weight excluding hydrogens is 713 g/mol. The normalized spacial score (nSPS) is 18.8. The number of nitrogens with zero attached hydrogens (tertiary/aromatic N) is 2. The third-order valence-corrected chi connectivity index (χ3v) is 14.7. The van der Waals surface area contributed by atoms with Gasteiger partial charge >= 0.3 is 0 Å². The van der Waals surface area contributed by atoms with Crippen LogP contribution in [0.25, 0.3) is 32.3 Å². The van der Waals surface area contributed by atoms with E-state index in [4.69, 9.17) is 0 Å². The number of allylic oxidation sites excluding steroid dienone is 3. The Morgan fingerprint density at radius 2 is 0.932 bits per heavy atom. The standard InChI is InChI=1S/C57H48N2/c1-55(2)46-20-13-21-47-52(46)59-53-48(55)31-42(41-23-22-35-14-7-10-17-38(35)28-41)32-49(53)57(5,6)51-34-45(33-50(54(51)59)56(47,3)4)58(43-26-24-36-15-8-11-18-39(36)29-43)44-27-25-37-16-9-12-19-40(37)30-44/h7-30,32-34,42H,31H2,1-6H3. The highest BCUT2D eigenvalue weighted by atomic mass is 15.2. The molecule has 0 saturated carbocycles. The van der Waals surface area contributed by atoms with E-state index < -0.39 is 0 Å². The maximum Gasteiger partial charge on any atom is 0.0545 e. The fraction of sp³-hybridized carbons (Fsp3) is 0.193. The second-order valence-corrected chi connectivity index (χ2v) is 19.0.